The minimum atomic E-state index is -0.948. The minimum Gasteiger partial charge on any atom is -0.481 e. The van der Waals surface area contributed by atoms with Crippen LogP contribution in [-0.4, -0.2) is 22.5 Å². The number of carbonyl (C=O) groups excluding carboxylic acids is 1. The summed E-state index contributed by atoms with van der Waals surface area (Å²) in [6.45, 7) is 3.35. The first-order valence-electron chi connectivity index (χ1n) is 5.20. The monoisotopic (exact) mass is 377 g/mol. The molecule has 6 heteroatoms. The summed E-state index contributed by atoms with van der Waals surface area (Å²) < 4.78 is 1.55. The number of nitrogens with one attached hydrogen (secondary N) is 1. The molecule has 0 aliphatic rings. The average Bonchev–Trinajstić information content (AvgIpc) is 2.12. The maximum absolute atomic E-state index is 12.0. The molecule has 1 aromatic carbocycles. The number of rotatable bonds is 4. The first kappa shape index (κ1) is 15.2. The number of amides is 1. The van der Waals surface area contributed by atoms with Crippen LogP contribution < -0.4 is 5.32 Å². The lowest BCUT2D eigenvalue weighted by Crippen LogP contribution is -2.44. The average molecular weight is 379 g/mol. The van der Waals surface area contributed by atoms with Crippen LogP contribution in [0.3, 0.4) is 0 Å². The predicted octanol–water partition coefficient (Wildman–Crippen LogP) is 3.19. The highest BCUT2D eigenvalue weighted by molar-refractivity contribution is 9.11. The Labute approximate surface area is 122 Å². The molecule has 1 amide bonds. The Balaban J connectivity index is 2.85. The first-order chi connectivity index (χ1) is 8.19. The lowest BCUT2D eigenvalue weighted by molar-refractivity contribution is -0.138. The Kier molecular flexibility index (Phi) is 4.92. The van der Waals surface area contributed by atoms with Crippen molar-refractivity contribution in [2.24, 2.45) is 0 Å². The number of hydrogen-bond donors (Lipinski definition) is 2. The molecule has 0 radical (unpaired) electrons. The summed E-state index contributed by atoms with van der Waals surface area (Å²) in [5.74, 6) is -1.25. The van der Waals surface area contributed by atoms with Gasteiger partial charge in [0.25, 0.3) is 5.91 Å². The van der Waals surface area contributed by atoms with E-state index in [-0.39, 0.29) is 12.3 Å². The maximum atomic E-state index is 12.0. The first-order valence-corrected chi connectivity index (χ1v) is 6.78. The Hall–Kier alpha value is -0.880. The van der Waals surface area contributed by atoms with E-state index in [2.05, 4.69) is 37.2 Å². The van der Waals surface area contributed by atoms with E-state index >= 15 is 0 Å². The number of carbonyl (C=O) groups is 2. The number of benzene rings is 1. The molecule has 0 bridgehead atoms. The van der Waals surface area contributed by atoms with Crippen molar-refractivity contribution in [3.8, 4) is 0 Å². The molecule has 0 unspecified atom stereocenters. The van der Waals surface area contributed by atoms with Crippen LogP contribution in [0.1, 0.15) is 30.6 Å². The largest absolute Gasteiger partial charge is 0.481 e. The van der Waals surface area contributed by atoms with Crippen molar-refractivity contribution in [3.05, 3.63) is 32.7 Å². The van der Waals surface area contributed by atoms with Crippen molar-refractivity contribution in [2.45, 2.75) is 25.8 Å². The predicted molar refractivity (Wildman–Crippen MR) is 75.6 cm³/mol. The van der Waals surface area contributed by atoms with Crippen LogP contribution >= 0.6 is 31.9 Å². The second kappa shape index (κ2) is 5.84. The molecule has 4 nitrogen and oxygen atoms in total. The number of carboxylic acid groups (broad SMARTS) is 1. The minimum absolute atomic E-state index is 0.131. The van der Waals surface area contributed by atoms with Crippen LogP contribution in [0.4, 0.5) is 0 Å². The van der Waals surface area contributed by atoms with Gasteiger partial charge in [-0.2, -0.15) is 0 Å². The van der Waals surface area contributed by atoms with Gasteiger partial charge in [0, 0.05) is 20.0 Å². The van der Waals surface area contributed by atoms with E-state index in [0.29, 0.717) is 5.56 Å². The molecule has 2 N–H and O–H groups in total. The van der Waals surface area contributed by atoms with E-state index in [1.807, 2.05) is 6.07 Å². The third-order valence-corrected chi connectivity index (χ3v) is 3.09. The van der Waals surface area contributed by atoms with Crippen molar-refractivity contribution in [3.63, 3.8) is 0 Å². The van der Waals surface area contributed by atoms with E-state index in [9.17, 15) is 9.59 Å². The lowest BCUT2D eigenvalue weighted by Gasteiger charge is -2.24. The lowest BCUT2D eigenvalue weighted by atomic mass is 10.00. The quantitative estimate of drug-likeness (QED) is 0.845. The summed E-state index contributed by atoms with van der Waals surface area (Å²) in [6.07, 6.45) is -0.131. The standard InChI is InChI=1S/C12H13Br2NO3/c1-12(2,6-10(16)17)15-11(18)7-3-8(13)5-9(14)4-7/h3-5H,6H2,1-2H3,(H,15,18)(H,16,17). The van der Waals surface area contributed by atoms with Gasteiger partial charge in [-0.25, -0.2) is 0 Å². The van der Waals surface area contributed by atoms with Gasteiger partial charge in [-0.15, -0.1) is 0 Å². The smallest absolute Gasteiger partial charge is 0.305 e. The summed E-state index contributed by atoms with van der Waals surface area (Å²) in [4.78, 5) is 22.7. The number of hydrogen-bond acceptors (Lipinski definition) is 2. The second-order valence-corrected chi connectivity index (χ2v) is 6.40. The van der Waals surface area contributed by atoms with E-state index in [0.717, 1.165) is 8.95 Å². The Morgan fingerprint density at radius 1 is 1.22 bits per heavy atom. The zero-order valence-electron chi connectivity index (χ0n) is 9.96. The molecule has 0 aliphatic heterocycles. The molecule has 0 aliphatic carbocycles. The van der Waals surface area contributed by atoms with Gasteiger partial charge in [0.15, 0.2) is 0 Å². The van der Waals surface area contributed by atoms with Gasteiger partial charge in [0.2, 0.25) is 0 Å². The summed E-state index contributed by atoms with van der Waals surface area (Å²) in [7, 11) is 0. The van der Waals surface area contributed by atoms with E-state index in [1.54, 1.807) is 26.0 Å². The third kappa shape index (κ3) is 4.78. The zero-order chi connectivity index (χ0) is 13.9. The maximum Gasteiger partial charge on any atom is 0.305 e. The number of aliphatic carboxylic acids is 1. The van der Waals surface area contributed by atoms with Crippen molar-refractivity contribution >= 4 is 43.7 Å². The molecule has 18 heavy (non-hydrogen) atoms. The van der Waals surface area contributed by atoms with Gasteiger partial charge in [-0.1, -0.05) is 31.9 Å². The van der Waals surface area contributed by atoms with Gasteiger partial charge in [-0.05, 0) is 32.0 Å². The third-order valence-electron chi connectivity index (χ3n) is 2.17. The molecular formula is C12H13Br2NO3. The van der Waals surface area contributed by atoms with E-state index in [4.69, 9.17) is 5.11 Å². The summed E-state index contributed by atoms with van der Waals surface area (Å²) in [5.41, 5.74) is -0.327. The fraction of sp³-hybridized carbons (Fsp3) is 0.333. The summed E-state index contributed by atoms with van der Waals surface area (Å²) >= 11 is 6.59. The van der Waals surface area contributed by atoms with Crippen molar-refractivity contribution < 1.29 is 14.7 Å². The zero-order valence-corrected chi connectivity index (χ0v) is 13.1. The summed E-state index contributed by atoms with van der Waals surface area (Å²) in [6, 6.07) is 5.17. The molecule has 0 saturated heterocycles. The van der Waals surface area contributed by atoms with Crippen LogP contribution in [0.15, 0.2) is 27.1 Å². The van der Waals surface area contributed by atoms with Crippen molar-refractivity contribution in [1.29, 1.82) is 0 Å². The molecule has 0 atom stereocenters. The Bertz CT molecular complexity index is 466. The molecular weight excluding hydrogens is 366 g/mol. The Morgan fingerprint density at radius 2 is 1.72 bits per heavy atom. The van der Waals surface area contributed by atoms with Crippen LogP contribution in [0, 0.1) is 0 Å². The van der Waals surface area contributed by atoms with Crippen LogP contribution in [0.2, 0.25) is 0 Å². The Morgan fingerprint density at radius 3 is 2.17 bits per heavy atom. The van der Waals surface area contributed by atoms with Gasteiger partial charge < -0.3 is 10.4 Å². The summed E-state index contributed by atoms with van der Waals surface area (Å²) in [5, 5.41) is 11.5. The highest BCUT2D eigenvalue weighted by Crippen LogP contribution is 2.20. The highest BCUT2D eigenvalue weighted by Gasteiger charge is 2.24. The number of halogens is 2. The SMILES string of the molecule is CC(C)(CC(=O)O)NC(=O)c1cc(Br)cc(Br)c1. The molecule has 1 rings (SSSR count). The van der Waals surface area contributed by atoms with Gasteiger partial charge >= 0.3 is 5.97 Å². The molecule has 0 spiro atoms. The molecule has 0 saturated carbocycles. The number of carboxylic acids is 1. The van der Waals surface area contributed by atoms with E-state index < -0.39 is 11.5 Å². The van der Waals surface area contributed by atoms with Gasteiger partial charge in [0.05, 0.1) is 6.42 Å². The molecule has 1 aromatic rings. The normalized spacial score (nSPS) is 11.1. The molecule has 98 valence electrons. The van der Waals surface area contributed by atoms with Crippen LogP contribution in [0.25, 0.3) is 0 Å². The van der Waals surface area contributed by atoms with Crippen molar-refractivity contribution in [2.75, 3.05) is 0 Å². The second-order valence-electron chi connectivity index (χ2n) is 4.57. The fourth-order valence-electron chi connectivity index (χ4n) is 1.49. The topological polar surface area (TPSA) is 66.4 Å². The van der Waals surface area contributed by atoms with Crippen molar-refractivity contribution in [1.82, 2.24) is 5.32 Å². The fourth-order valence-corrected chi connectivity index (χ4v) is 2.78. The van der Waals surface area contributed by atoms with Gasteiger partial charge in [-0.3, -0.25) is 9.59 Å². The van der Waals surface area contributed by atoms with Crippen LogP contribution in [0.5, 0.6) is 0 Å². The van der Waals surface area contributed by atoms with Gasteiger partial charge in [0.1, 0.15) is 0 Å². The molecule has 0 heterocycles. The molecule has 0 aromatic heterocycles. The molecule has 0 fully saturated rings. The highest BCUT2D eigenvalue weighted by atomic mass is 79.9. The van der Waals surface area contributed by atoms with Crippen LogP contribution in [-0.2, 0) is 4.79 Å². The van der Waals surface area contributed by atoms with E-state index in [1.165, 1.54) is 0 Å².